The second-order valence-corrected chi connectivity index (χ2v) is 5.61. The molecule has 1 amide bonds. The quantitative estimate of drug-likeness (QED) is 0.788. The minimum absolute atomic E-state index is 0.317. The zero-order chi connectivity index (χ0) is 13.9. The smallest absolute Gasteiger partial charge is 0.308 e. The molecule has 0 aliphatic carbocycles. The number of amides is 1. The zero-order valence-corrected chi connectivity index (χ0v) is 12.8. The van der Waals surface area contributed by atoms with Crippen molar-refractivity contribution in [3.63, 3.8) is 0 Å². The van der Waals surface area contributed by atoms with Crippen molar-refractivity contribution >= 4 is 46.1 Å². The maximum Gasteiger partial charge on any atom is 0.308 e. The van der Waals surface area contributed by atoms with Gasteiger partial charge >= 0.3 is 5.97 Å². The van der Waals surface area contributed by atoms with E-state index in [0.717, 1.165) is 3.57 Å². The molecule has 1 aromatic carbocycles. The monoisotopic (exact) mass is 381 g/mol. The lowest BCUT2D eigenvalue weighted by Gasteiger charge is -2.18. The first-order valence-corrected chi connectivity index (χ1v) is 6.77. The van der Waals surface area contributed by atoms with Crippen molar-refractivity contribution in [1.29, 1.82) is 0 Å². The Bertz CT molecular complexity index is 478. The molecule has 2 unspecified atom stereocenters. The third kappa shape index (κ3) is 3.84. The maximum atomic E-state index is 12.0. The number of hydrogen-bond donors (Lipinski definition) is 2. The van der Waals surface area contributed by atoms with Crippen molar-refractivity contribution in [2.75, 3.05) is 0 Å². The van der Waals surface area contributed by atoms with Crippen LogP contribution in [-0.2, 0) is 4.79 Å². The fourth-order valence-electron chi connectivity index (χ4n) is 1.29. The van der Waals surface area contributed by atoms with Crippen LogP contribution in [0.1, 0.15) is 24.2 Å². The van der Waals surface area contributed by atoms with Crippen LogP contribution in [0.5, 0.6) is 0 Å². The zero-order valence-electron chi connectivity index (χ0n) is 9.91. The summed E-state index contributed by atoms with van der Waals surface area (Å²) in [4.78, 5) is 22.8. The summed E-state index contributed by atoms with van der Waals surface area (Å²) in [5.41, 5.74) is 0.451. The predicted molar refractivity (Wildman–Crippen MR) is 77.9 cm³/mol. The number of carboxylic acids is 1. The number of rotatable bonds is 4. The van der Waals surface area contributed by atoms with Crippen molar-refractivity contribution in [2.24, 2.45) is 5.92 Å². The van der Waals surface area contributed by atoms with Crippen molar-refractivity contribution in [3.8, 4) is 0 Å². The minimum atomic E-state index is -0.941. The highest BCUT2D eigenvalue weighted by molar-refractivity contribution is 14.1. The molecule has 0 saturated carbocycles. The van der Waals surface area contributed by atoms with Crippen LogP contribution in [0.2, 0.25) is 5.02 Å². The van der Waals surface area contributed by atoms with Crippen LogP contribution in [-0.4, -0.2) is 23.0 Å². The molecule has 0 aliphatic rings. The van der Waals surface area contributed by atoms with Gasteiger partial charge in [-0.05, 0) is 54.6 Å². The molecule has 4 nitrogen and oxygen atoms in total. The predicted octanol–water partition coefficient (Wildman–Crippen LogP) is 2.78. The average Bonchev–Trinajstić information content (AvgIpc) is 2.30. The Labute approximate surface area is 124 Å². The Morgan fingerprint density at radius 2 is 2.00 bits per heavy atom. The number of benzene rings is 1. The number of carbonyl (C=O) groups is 2. The van der Waals surface area contributed by atoms with Gasteiger partial charge in [-0.25, -0.2) is 0 Å². The average molecular weight is 382 g/mol. The van der Waals surface area contributed by atoms with Gasteiger partial charge in [-0.2, -0.15) is 0 Å². The lowest BCUT2D eigenvalue weighted by molar-refractivity contribution is -0.141. The van der Waals surface area contributed by atoms with Crippen molar-refractivity contribution in [3.05, 3.63) is 32.4 Å². The lowest BCUT2D eigenvalue weighted by atomic mass is 10.0. The van der Waals surface area contributed by atoms with Gasteiger partial charge in [0.15, 0.2) is 0 Å². The summed E-state index contributed by atoms with van der Waals surface area (Å²) in [6, 6.07) is 4.55. The van der Waals surface area contributed by atoms with Gasteiger partial charge in [0.2, 0.25) is 0 Å². The SMILES string of the molecule is CC(NC(=O)c1cc(Cl)ccc1I)C(C)C(=O)O. The second-order valence-electron chi connectivity index (χ2n) is 4.01. The molecular weight excluding hydrogens is 368 g/mol. The van der Waals surface area contributed by atoms with Crippen LogP contribution < -0.4 is 5.32 Å². The van der Waals surface area contributed by atoms with Gasteiger partial charge in [-0.3, -0.25) is 9.59 Å². The molecule has 98 valence electrons. The first kappa shape index (κ1) is 15.2. The standard InChI is InChI=1S/C12H13ClINO3/c1-6(12(17)18)7(2)15-11(16)9-5-8(13)3-4-10(9)14/h3-7H,1-2H3,(H,15,16)(H,17,18). The summed E-state index contributed by atoms with van der Waals surface area (Å²) in [7, 11) is 0. The van der Waals surface area contributed by atoms with Gasteiger partial charge < -0.3 is 10.4 Å². The van der Waals surface area contributed by atoms with E-state index in [9.17, 15) is 9.59 Å². The Hall–Kier alpha value is -0.820. The maximum absolute atomic E-state index is 12.0. The normalized spacial score (nSPS) is 13.8. The van der Waals surface area contributed by atoms with Gasteiger partial charge in [0, 0.05) is 14.6 Å². The second kappa shape index (κ2) is 6.38. The molecule has 1 rings (SSSR count). The highest BCUT2D eigenvalue weighted by Gasteiger charge is 2.22. The van der Waals surface area contributed by atoms with Gasteiger partial charge in [0.1, 0.15) is 0 Å². The van der Waals surface area contributed by atoms with Gasteiger partial charge in [0.25, 0.3) is 5.91 Å². The summed E-state index contributed by atoms with van der Waals surface area (Å²) in [6.45, 7) is 3.21. The van der Waals surface area contributed by atoms with Gasteiger partial charge in [-0.15, -0.1) is 0 Å². The molecule has 0 spiro atoms. The molecule has 0 radical (unpaired) electrons. The van der Waals surface area contributed by atoms with E-state index in [-0.39, 0.29) is 5.91 Å². The summed E-state index contributed by atoms with van der Waals surface area (Å²) in [5, 5.41) is 12.0. The van der Waals surface area contributed by atoms with Crippen molar-refractivity contribution in [1.82, 2.24) is 5.32 Å². The van der Waals surface area contributed by atoms with Crippen LogP contribution in [0.4, 0.5) is 0 Å². The number of nitrogens with one attached hydrogen (secondary N) is 1. The molecule has 18 heavy (non-hydrogen) atoms. The molecule has 2 N–H and O–H groups in total. The molecular formula is C12H13ClINO3. The Kier molecular flexibility index (Phi) is 5.40. The number of halogens is 2. The summed E-state index contributed by atoms with van der Waals surface area (Å²) >= 11 is 7.87. The van der Waals surface area contributed by atoms with Crippen LogP contribution in [0.3, 0.4) is 0 Å². The van der Waals surface area contributed by atoms with E-state index in [2.05, 4.69) is 5.32 Å². The first-order valence-electron chi connectivity index (χ1n) is 5.31. The van der Waals surface area contributed by atoms with E-state index >= 15 is 0 Å². The van der Waals surface area contributed by atoms with E-state index in [1.807, 2.05) is 22.6 Å². The van der Waals surface area contributed by atoms with Gasteiger partial charge in [-0.1, -0.05) is 11.6 Å². The summed E-state index contributed by atoms with van der Waals surface area (Å²) in [6.07, 6.45) is 0. The molecule has 0 aliphatic heterocycles. The van der Waals surface area contributed by atoms with E-state index in [1.54, 1.807) is 32.0 Å². The fraction of sp³-hybridized carbons (Fsp3) is 0.333. The topological polar surface area (TPSA) is 66.4 Å². The van der Waals surface area contributed by atoms with Crippen LogP contribution in [0, 0.1) is 9.49 Å². The summed E-state index contributed by atoms with van der Waals surface area (Å²) in [5.74, 6) is -1.91. The number of carboxylic acid groups (broad SMARTS) is 1. The molecule has 0 fully saturated rings. The van der Waals surface area contributed by atoms with E-state index in [1.165, 1.54) is 0 Å². The van der Waals surface area contributed by atoms with Crippen LogP contribution in [0.15, 0.2) is 18.2 Å². The number of hydrogen-bond acceptors (Lipinski definition) is 2. The Morgan fingerprint density at radius 1 is 1.39 bits per heavy atom. The Balaban J connectivity index is 2.82. The molecule has 1 aromatic rings. The van der Waals surface area contributed by atoms with Crippen molar-refractivity contribution in [2.45, 2.75) is 19.9 Å². The number of aliphatic carboxylic acids is 1. The highest BCUT2D eigenvalue weighted by atomic mass is 127. The fourth-order valence-corrected chi connectivity index (χ4v) is 2.05. The van der Waals surface area contributed by atoms with E-state index < -0.39 is 17.9 Å². The third-order valence-electron chi connectivity index (χ3n) is 2.67. The van der Waals surface area contributed by atoms with E-state index in [4.69, 9.17) is 16.7 Å². The Morgan fingerprint density at radius 3 is 2.56 bits per heavy atom. The molecule has 0 saturated heterocycles. The molecule has 6 heteroatoms. The first-order chi connectivity index (χ1) is 8.32. The third-order valence-corrected chi connectivity index (χ3v) is 3.85. The highest BCUT2D eigenvalue weighted by Crippen LogP contribution is 2.18. The molecule has 0 aromatic heterocycles. The van der Waals surface area contributed by atoms with Gasteiger partial charge in [0.05, 0.1) is 11.5 Å². The van der Waals surface area contributed by atoms with Crippen molar-refractivity contribution < 1.29 is 14.7 Å². The number of carbonyl (C=O) groups excluding carboxylic acids is 1. The van der Waals surface area contributed by atoms with Crippen LogP contribution >= 0.6 is 34.2 Å². The van der Waals surface area contributed by atoms with Crippen LogP contribution in [0.25, 0.3) is 0 Å². The lowest BCUT2D eigenvalue weighted by Crippen LogP contribution is -2.40. The molecule has 0 bridgehead atoms. The minimum Gasteiger partial charge on any atom is -0.481 e. The van der Waals surface area contributed by atoms with E-state index in [0.29, 0.717) is 10.6 Å². The molecule has 0 heterocycles. The largest absolute Gasteiger partial charge is 0.481 e. The molecule has 2 atom stereocenters. The summed E-state index contributed by atoms with van der Waals surface area (Å²) < 4.78 is 0.768.